The normalized spacial score (nSPS) is 26.8. The maximum atomic E-state index is 13.1. The molecule has 2 N–H and O–H groups in total. The minimum atomic E-state index is -0.0350. The molecular formula is C26H40N2O2. The lowest BCUT2D eigenvalue weighted by molar-refractivity contribution is 0.0910. The molecule has 0 spiro atoms. The van der Waals surface area contributed by atoms with Gasteiger partial charge in [0, 0.05) is 23.2 Å². The lowest BCUT2D eigenvalue weighted by Gasteiger charge is -2.30. The minimum absolute atomic E-state index is 0.0350. The molecule has 30 heavy (non-hydrogen) atoms. The number of carbonyl (C=O) groups is 2. The number of nitrogens with one attached hydrogen (secondary N) is 2. The average molecular weight is 413 g/mol. The Bertz CT molecular complexity index is 675. The molecule has 1 aromatic carbocycles. The summed E-state index contributed by atoms with van der Waals surface area (Å²) in [5.74, 6) is 0.961. The van der Waals surface area contributed by atoms with Crippen molar-refractivity contribution in [2.75, 3.05) is 0 Å². The summed E-state index contributed by atoms with van der Waals surface area (Å²) in [4.78, 5) is 26.1. The van der Waals surface area contributed by atoms with Crippen LogP contribution in [0.3, 0.4) is 0 Å². The van der Waals surface area contributed by atoms with Crippen molar-refractivity contribution in [1.82, 2.24) is 10.6 Å². The number of aryl methyl sites for hydroxylation is 1. The van der Waals surface area contributed by atoms with Crippen LogP contribution in [0.1, 0.15) is 111 Å². The molecular weight excluding hydrogens is 372 g/mol. The van der Waals surface area contributed by atoms with Gasteiger partial charge in [0.25, 0.3) is 11.8 Å². The summed E-state index contributed by atoms with van der Waals surface area (Å²) in [5.41, 5.74) is 2.34. The van der Waals surface area contributed by atoms with E-state index >= 15 is 0 Å². The molecule has 4 nitrogen and oxygen atoms in total. The van der Waals surface area contributed by atoms with E-state index in [1.165, 1.54) is 38.5 Å². The van der Waals surface area contributed by atoms with Crippen LogP contribution in [0.15, 0.2) is 18.2 Å². The van der Waals surface area contributed by atoms with Crippen molar-refractivity contribution in [3.63, 3.8) is 0 Å². The van der Waals surface area contributed by atoms with E-state index in [0.29, 0.717) is 23.0 Å². The highest BCUT2D eigenvalue weighted by Crippen LogP contribution is 2.25. The summed E-state index contributed by atoms with van der Waals surface area (Å²) in [6, 6.07) is 6.25. The van der Waals surface area contributed by atoms with Gasteiger partial charge in [-0.2, -0.15) is 0 Å². The Labute approximate surface area is 182 Å². The highest BCUT2D eigenvalue weighted by molar-refractivity contribution is 6.00. The Morgan fingerprint density at radius 1 is 0.800 bits per heavy atom. The van der Waals surface area contributed by atoms with E-state index in [0.717, 1.165) is 37.7 Å². The van der Waals surface area contributed by atoms with E-state index in [1.807, 2.05) is 12.1 Å². The predicted octanol–water partition coefficient (Wildman–Crippen LogP) is 5.65. The Kier molecular flexibility index (Phi) is 8.35. The molecule has 0 bridgehead atoms. The van der Waals surface area contributed by atoms with Gasteiger partial charge in [-0.05, 0) is 74.1 Å². The Balaban J connectivity index is 1.76. The number of benzene rings is 1. The summed E-state index contributed by atoms with van der Waals surface area (Å²) in [7, 11) is 0. The zero-order chi connectivity index (χ0) is 21.5. The topological polar surface area (TPSA) is 58.2 Å². The molecule has 166 valence electrons. The van der Waals surface area contributed by atoms with Crippen molar-refractivity contribution < 1.29 is 9.59 Å². The lowest BCUT2D eigenvalue weighted by Crippen LogP contribution is -2.42. The molecule has 3 rings (SSSR count). The maximum Gasteiger partial charge on any atom is 0.251 e. The van der Waals surface area contributed by atoms with Gasteiger partial charge in [0.2, 0.25) is 0 Å². The summed E-state index contributed by atoms with van der Waals surface area (Å²) < 4.78 is 0. The molecule has 2 amide bonds. The second kappa shape index (κ2) is 11.0. The predicted molar refractivity (Wildman–Crippen MR) is 123 cm³/mol. The standard InChI is InChI=1S/C26H40N2O2/c1-4-5-12-20-15-21(25(29)27-23-13-8-6-10-18(23)2)17-22(16-20)26(30)28-24-14-9-7-11-19(24)3/h15-19,23-24H,4-14H2,1-3H3,(H,27,29)(H,28,30). The van der Waals surface area contributed by atoms with Gasteiger partial charge in [0.05, 0.1) is 0 Å². The first-order chi connectivity index (χ1) is 14.5. The van der Waals surface area contributed by atoms with Crippen LogP contribution in [-0.2, 0) is 6.42 Å². The lowest BCUT2D eigenvalue weighted by atomic mass is 9.85. The third kappa shape index (κ3) is 6.09. The van der Waals surface area contributed by atoms with Gasteiger partial charge >= 0.3 is 0 Å². The van der Waals surface area contributed by atoms with Gasteiger partial charge in [-0.25, -0.2) is 0 Å². The summed E-state index contributed by atoms with van der Waals surface area (Å²) >= 11 is 0. The Morgan fingerprint density at radius 2 is 1.27 bits per heavy atom. The monoisotopic (exact) mass is 412 g/mol. The molecule has 4 atom stereocenters. The number of carbonyl (C=O) groups excluding carboxylic acids is 2. The van der Waals surface area contributed by atoms with Gasteiger partial charge in [-0.3, -0.25) is 9.59 Å². The van der Waals surface area contributed by atoms with Crippen LogP contribution in [-0.4, -0.2) is 23.9 Å². The average Bonchev–Trinajstić information content (AvgIpc) is 2.75. The molecule has 2 aliphatic carbocycles. The molecule has 0 saturated heterocycles. The van der Waals surface area contributed by atoms with Crippen LogP contribution >= 0.6 is 0 Å². The summed E-state index contributed by atoms with van der Waals surface area (Å²) in [5, 5.41) is 6.50. The van der Waals surface area contributed by atoms with Gasteiger partial charge in [0.1, 0.15) is 0 Å². The maximum absolute atomic E-state index is 13.1. The fraction of sp³-hybridized carbons (Fsp3) is 0.692. The van der Waals surface area contributed by atoms with Crippen molar-refractivity contribution in [2.24, 2.45) is 11.8 Å². The third-order valence-corrected chi connectivity index (χ3v) is 7.19. The summed E-state index contributed by atoms with van der Waals surface area (Å²) in [6.07, 6.45) is 12.4. The first-order valence-electron chi connectivity index (χ1n) is 12.2. The number of rotatable bonds is 7. The second-order valence-electron chi connectivity index (χ2n) is 9.71. The molecule has 2 aliphatic rings. The van der Waals surface area contributed by atoms with E-state index in [2.05, 4.69) is 31.4 Å². The molecule has 2 fully saturated rings. The van der Waals surface area contributed by atoms with Gasteiger partial charge in [-0.1, -0.05) is 52.9 Å². The van der Waals surface area contributed by atoms with Crippen LogP contribution in [0, 0.1) is 11.8 Å². The first-order valence-corrected chi connectivity index (χ1v) is 12.2. The second-order valence-corrected chi connectivity index (χ2v) is 9.71. The zero-order valence-corrected chi connectivity index (χ0v) is 19.1. The van der Waals surface area contributed by atoms with Crippen molar-refractivity contribution in [2.45, 2.75) is 103 Å². The van der Waals surface area contributed by atoms with Crippen LogP contribution in [0.25, 0.3) is 0 Å². The van der Waals surface area contributed by atoms with Gasteiger partial charge < -0.3 is 10.6 Å². The van der Waals surface area contributed by atoms with E-state index in [9.17, 15) is 9.59 Å². The Hall–Kier alpha value is -1.84. The number of hydrogen-bond acceptors (Lipinski definition) is 2. The van der Waals surface area contributed by atoms with Crippen molar-refractivity contribution in [1.29, 1.82) is 0 Å². The number of hydrogen-bond donors (Lipinski definition) is 2. The van der Waals surface area contributed by atoms with Crippen molar-refractivity contribution in [3.8, 4) is 0 Å². The number of amides is 2. The molecule has 2 saturated carbocycles. The first kappa shape index (κ1) is 22.8. The zero-order valence-electron chi connectivity index (χ0n) is 19.1. The smallest absolute Gasteiger partial charge is 0.251 e. The third-order valence-electron chi connectivity index (χ3n) is 7.19. The fourth-order valence-electron chi connectivity index (χ4n) is 5.04. The fourth-order valence-corrected chi connectivity index (χ4v) is 5.04. The van der Waals surface area contributed by atoms with Crippen molar-refractivity contribution >= 4 is 11.8 Å². The molecule has 0 aliphatic heterocycles. The molecule has 4 heteroatoms. The summed E-state index contributed by atoms with van der Waals surface area (Å²) in [6.45, 7) is 6.62. The van der Waals surface area contributed by atoms with Crippen LogP contribution in [0.4, 0.5) is 0 Å². The highest BCUT2D eigenvalue weighted by Gasteiger charge is 2.25. The van der Waals surface area contributed by atoms with Gasteiger partial charge in [0.15, 0.2) is 0 Å². The quantitative estimate of drug-likeness (QED) is 0.608. The van der Waals surface area contributed by atoms with E-state index in [1.54, 1.807) is 6.07 Å². The molecule has 1 aromatic rings. The number of unbranched alkanes of at least 4 members (excludes halogenated alkanes) is 1. The van der Waals surface area contributed by atoms with Crippen LogP contribution in [0.5, 0.6) is 0 Å². The van der Waals surface area contributed by atoms with E-state index in [-0.39, 0.29) is 23.9 Å². The van der Waals surface area contributed by atoms with Gasteiger partial charge in [-0.15, -0.1) is 0 Å². The molecule has 4 unspecified atom stereocenters. The SMILES string of the molecule is CCCCc1cc(C(=O)NC2CCCCC2C)cc(C(=O)NC2CCCCC2C)c1. The minimum Gasteiger partial charge on any atom is -0.349 e. The van der Waals surface area contributed by atoms with E-state index < -0.39 is 0 Å². The molecule has 0 aromatic heterocycles. The molecule has 0 heterocycles. The van der Waals surface area contributed by atoms with Crippen LogP contribution < -0.4 is 10.6 Å². The highest BCUT2D eigenvalue weighted by atomic mass is 16.2. The van der Waals surface area contributed by atoms with Crippen LogP contribution in [0.2, 0.25) is 0 Å². The largest absolute Gasteiger partial charge is 0.349 e. The Morgan fingerprint density at radius 3 is 1.70 bits per heavy atom. The van der Waals surface area contributed by atoms with Crippen molar-refractivity contribution in [3.05, 3.63) is 34.9 Å². The van der Waals surface area contributed by atoms with E-state index in [4.69, 9.17) is 0 Å². The molecule has 0 radical (unpaired) electrons.